The number of fused-ring (bicyclic) bond motifs is 1. The number of benzene rings is 1. The minimum absolute atomic E-state index is 0.236. The molecule has 0 fully saturated rings. The lowest BCUT2D eigenvalue weighted by Crippen LogP contribution is -1.94. The maximum Gasteiger partial charge on any atom is 0.335 e. The van der Waals surface area contributed by atoms with E-state index in [-0.39, 0.29) is 5.56 Å². The lowest BCUT2D eigenvalue weighted by molar-refractivity contribution is 0.0697. The molecule has 5 heteroatoms. The number of nitrogens with zero attached hydrogens (tertiary/aromatic N) is 1. The van der Waals surface area contributed by atoms with Gasteiger partial charge in [0.25, 0.3) is 0 Å². The molecule has 3 aromatic rings. The second-order valence-electron chi connectivity index (χ2n) is 4.47. The van der Waals surface area contributed by atoms with Crippen molar-refractivity contribution in [2.75, 3.05) is 0 Å². The zero-order chi connectivity index (χ0) is 14.1. The number of aromatic carboxylic acids is 1. The van der Waals surface area contributed by atoms with Crippen LogP contribution in [0.2, 0.25) is 0 Å². The normalized spacial score (nSPS) is 11.9. The van der Waals surface area contributed by atoms with Gasteiger partial charge < -0.3 is 14.5 Å². The third kappa shape index (κ3) is 2.21. The van der Waals surface area contributed by atoms with Crippen molar-refractivity contribution >= 4 is 28.7 Å². The van der Waals surface area contributed by atoms with Gasteiger partial charge in [0.1, 0.15) is 11.6 Å². The predicted octanol–water partition coefficient (Wildman–Crippen LogP) is 3.41. The van der Waals surface area contributed by atoms with E-state index in [0.29, 0.717) is 11.3 Å². The van der Waals surface area contributed by atoms with Crippen LogP contribution in [0.3, 0.4) is 0 Å². The number of aromatic nitrogens is 2. The van der Waals surface area contributed by atoms with Gasteiger partial charge in [-0.05, 0) is 48.9 Å². The lowest BCUT2D eigenvalue weighted by Gasteiger charge is -1.94. The van der Waals surface area contributed by atoms with Crippen molar-refractivity contribution in [2.24, 2.45) is 0 Å². The van der Waals surface area contributed by atoms with E-state index in [0.717, 1.165) is 16.9 Å². The monoisotopic (exact) mass is 268 g/mol. The fraction of sp³-hybridized carbons (Fsp3) is 0.0667. The van der Waals surface area contributed by atoms with Gasteiger partial charge in [0.2, 0.25) is 0 Å². The second-order valence-corrected chi connectivity index (χ2v) is 4.47. The number of rotatable bonds is 3. The van der Waals surface area contributed by atoms with Gasteiger partial charge in [-0.3, -0.25) is 0 Å². The van der Waals surface area contributed by atoms with Crippen LogP contribution in [0.25, 0.3) is 22.7 Å². The highest BCUT2D eigenvalue weighted by molar-refractivity contribution is 5.93. The Balaban J connectivity index is 2.02. The molecule has 0 aliphatic carbocycles. The van der Waals surface area contributed by atoms with Crippen molar-refractivity contribution in [1.82, 2.24) is 9.97 Å². The molecular formula is C15H12N2O3. The molecule has 0 bridgehead atoms. The van der Waals surface area contributed by atoms with Crippen LogP contribution in [-0.4, -0.2) is 21.0 Å². The Morgan fingerprint density at radius 1 is 1.40 bits per heavy atom. The van der Waals surface area contributed by atoms with Crippen molar-refractivity contribution in [3.05, 3.63) is 53.7 Å². The summed E-state index contributed by atoms with van der Waals surface area (Å²) in [6.07, 6.45) is 3.48. The van der Waals surface area contributed by atoms with Gasteiger partial charge in [0.15, 0.2) is 0 Å². The molecule has 0 unspecified atom stereocenters. The Hall–Kier alpha value is -2.82. The molecule has 3 rings (SSSR count). The predicted molar refractivity (Wildman–Crippen MR) is 75.3 cm³/mol. The molecule has 20 heavy (non-hydrogen) atoms. The van der Waals surface area contributed by atoms with Gasteiger partial charge in [-0.2, -0.15) is 0 Å². The van der Waals surface area contributed by atoms with E-state index < -0.39 is 5.97 Å². The Morgan fingerprint density at radius 2 is 2.25 bits per heavy atom. The molecule has 0 saturated carbocycles. The van der Waals surface area contributed by atoms with Crippen LogP contribution < -0.4 is 0 Å². The largest absolute Gasteiger partial charge is 0.478 e. The maximum atomic E-state index is 10.9. The highest BCUT2D eigenvalue weighted by atomic mass is 16.4. The molecule has 0 saturated heterocycles. The third-order valence-electron chi connectivity index (χ3n) is 3.00. The summed E-state index contributed by atoms with van der Waals surface area (Å²) in [7, 11) is 0. The molecule has 0 radical (unpaired) electrons. The molecule has 0 amide bonds. The number of allylic oxidation sites excluding steroid dienone is 1. The molecule has 2 heterocycles. The Kier molecular flexibility index (Phi) is 2.87. The van der Waals surface area contributed by atoms with E-state index >= 15 is 0 Å². The zero-order valence-corrected chi connectivity index (χ0v) is 10.8. The molecule has 2 N–H and O–H groups in total. The highest BCUT2D eigenvalue weighted by Crippen LogP contribution is 2.20. The summed E-state index contributed by atoms with van der Waals surface area (Å²) in [5.41, 5.74) is 2.58. The van der Waals surface area contributed by atoms with E-state index in [1.54, 1.807) is 24.5 Å². The first-order valence-electron chi connectivity index (χ1n) is 6.09. The number of H-pyrrole nitrogens is 1. The number of imidazole rings is 1. The van der Waals surface area contributed by atoms with E-state index in [2.05, 4.69) is 9.97 Å². The zero-order valence-electron chi connectivity index (χ0n) is 10.8. The van der Waals surface area contributed by atoms with Crippen LogP contribution in [0.1, 0.15) is 28.9 Å². The van der Waals surface area contributed by atoms with Gasteiger partial charge in [0.05, 0.1) is 22.9 Å². The summed E-state index contributed by atoms with van der Waals surface area (Å²) in [5, 5.41) is 8.97. The number of nitrogens with one attached hydrogen (secondary N) is 1. The third-order valence-corrected chi connectivity index (χ3v) is 3.00. The minimum Gasteiger partial charge on any atom is -0.478 e. The first-order chi connectivity index (χ1) is 9.63. The maximum absolute atomic E-state index is 10.9. The first-order valence-corrected chi connectivity index (χ1v) is 6.09. The summed E-state index contributed by atoms with van der Waals surface area (Å²) in [6, 6.07) is 8.49. The van der Waals surface area contributed by atoms with Crippen molar-refractivity contribution in [1.29, 1.82) is 0 Å². The van der Waals surface area contributed by atoms with Gasteiger partial charge >= 0.3 is 5.97 Å². The first kappa shape index (κ1) is 12.2. The van der Waals surface area contributed by atoms with Crippen LogP contribution in [0.15, 0.2) is 41.0 Å². The Labute approximate surface area is 114 Å². The lowest BCUT2D eigenvalue weighted by atomic mass is 10.2. The van der Waals surface area contributed by atoms with Gasteiger partial charge in [0, 0.05) is 0 Å². The smallest absolute Gasteiger partial charge is 0.335 e. The number of furan rings is 1. The molecule has 100 valence electrons. The van der Waals surface area contributed by atoms with Crippen molar-refractivity contribution in [2.45, 2.75) is 6.92 Å². The molecule has 0 spiro atoms. The Morgan fingerprint density at radius 3 is 2.95 bits per heavy atom. The number of hydrogen-bond acceptors (Lipinski definition) is 3. The standard InChI is InChI=1S/C15H12N2O3/c1-9(7-11-3-2-6-20-11)14-16-12-5-4-10(15(18)19)8-13(12)17-14/h2-8H,1H3,(H,16,17)(H,18,19). The van der Waals surface area contributed by atoms with E-state index in [1.165, 1.54) is 0 Å². The molecular weight excluding hydrogens is 256 g/mol. The van der Waals surface area contributed by atoms with Crippen LogP contribution in [0.5, 0.6) is 0 Å². The number of carboxylic acids is 1. The average molecular weight is 268 g/mol. The van der Waals surface area contributed by atoms with Crippen LogP contribution in [0.4, 0.5) is 0 Å². The summed E-state index contributed by atoms with van der Waals surface area (Å²) in [6.45, 7) is 1.92. The molecule has 0 aliphatic heterocycles. The number of carboxylic acid groups (broad SMARTS) is 1. The summed E-state index contributed by atoms with van der Waals surface area (Å²) >= 11 is 0. The van der Waals surface area contributed by atoms with Crippen LogP contribution in [-0.2, 0) is 0 Å². The fourth-order valence-electron chi connectivity index (χ4n) is 1.98. The van der Waals surface area contributed by atoms with Crippen LogP contribution in [0, 0.1) is 0 Å². The molecule has 0 atom stereocenters. The van der Waals surface area contributed by atoms with Gasteiger partial charge in [-0.25, -0.2) is 9.78 Å². The minimum atomic E-state index is -0.953. The van der Waals surface area contributed by atoms with Crippen molar-refractivity contribution < 1.29 is 14.3 Å². The van der Waals surface area contributed by atoms with Crippen LogP contribution >= 0.6 is 0 Å². The van der Waals surface area contributed by atoms with Gasteiger partial charge in [-0.15, -0.1) is 0 Å². The number of carbonyl (C=O) groups is 1. The van der Waals surface area contributed by atoms with Gasteiger partial charge in [-0.1, -0.05) is 0 Å². The quantitative estimate of drug-likeness (QED) is 0.762. The summed E-state index contributed by atoms with van der Waals surface area (Å²) < 4.78 is 5.25. The van der Waals surface area contributed by atoms with E-state index in [4.69, 9.17) is 9.52 Å². The topological polar surface area (TPSA) is 79.1 Å². The summed E-state index contributed by atoms with van der Waals surface area (Å²) in [4.78, 5) is 18.5. The molecule has 1 aromatic carbocycles. The van der Waals surface area contributed by atoms with Crippen molar-refractivity contribution in [3.63, 3.8) is 0 Å². The average Bonchev–Trinajstić information content (AvgIpc) is 3.05. The second kappa shape index (κ2) is 4.70. The fourth-order valence-corrected chi connectivity index (χ4v) is 1.98. The molecule has 5 nitrogen and oxygen atoms in total. The molecule has 2 aromatic heterocycles. The summed E-state index contributed by atoms with van der Waals surface area (Å²) in [5.74, 6) is 0.485. The van der Waals surface area contributed by atoms with E-state index in [1.807, 2.05) is 25.1 Å². The van der Waals surface area contributed by atoms with E-state index in [9.17, 15) is 4.79 Å². The molecule has 0 aliphatic rings. The highest BCUT2D eigenvalue weighted by Gasteiger charge is 2.08. The number of hydrogen-bond donors (Lipinski definition) is 2. The SMILES string of the molecule is CC(=Cc1ccco1)c1nc2ccc(C(=O)O)cc2[nH]1. The van der Waals surface area contributed by atoms with Crippen molar-refractivity contribution in [3.8, 4) is 0 Å². The number of aromatic amines is 1. The Bertz CT molecular complexity index is 798.